The molecule has 0 spiro atoms. The third-order valence-corrected chi connectivity index (χ3v) is 4.47. The molecule has 1 aliphatic carbocycles. The molecule has 1 aromatic carbocycles. The van der Waals surface area contributed by atoms with Crippen LogP contribution in [0.2, 0.25) is 0 Å². The van der Waals surface area contributed by atoms with E-state index >= 15 is 0 Å². The number of rotatable bonds is 4. The minimum absolute atomic E-state index is 0.256. The first kappa shape index (κ1) is 12.4. The number of anilines is 1. The number of aromatic nitrogens is 1. The lowest BCUT2D eigenvalue weighted by molar-refractivity contribution is 0.0464. The van der Waals surface area contributed by atoms with Crippen LogP contribution in [-0.2, 0) is 4.74 Å². The van der Waals surface area contributed by atoms with Crippen molar-refractivity contribution in [3.05, 3.63) is 23.8 Å². The van der Waals surface area contributed by atoms with Crippen molar-refractivity contribution in [1.82, 2.24) is 4.98 Å². The van der Waals surface area contributed by atoms with Gasteiger partial charge in [-0.2, -0.15) is 0 Å². The quantitative estimate of drug-likeness (QED) is 0.871. The number of nitrogens with two attached hydrogens (primary N) is 1. The predicted molar refractivity (Wildman–Crippen MR) is 76.3 cm³/mol. The molecule has 1 heterocycles. The van der Waals surface area contributed by atoms with Gasteiger partial charge in [0.05, 0.1) is 22.4 Å². The maximum Gasteiger partial charge on any atom is 0.338 e. The van der Waals surface area contributed by atoms with Crippen molar-refractivity contribution in [2.45, 2.75) is 25.7 Å². The minimum atomic E-state index is -0.256. The topological polar surface area (TPSA) is 65.2 Å². The Morgan fingerprint density at radius 2 is 2.32 bits per heavy atom. The van der Waals surface area contributed by atoms with Gasteiger partial charge in [0.25, 0.3) is 0 Å². The second kappa shape index (κ2) is 5.17. The molecule has 3 rings (SSSR count). The third kappa shape index (κ3) is 2.71. The van der Waals surface area contributed by atoms with Gasteiger partial charge in [-0.3, -0.25) is 0 Å². The summed E-state index contributed by atoms with van der Waals surface area (Å²) >= 11 is 1.38. The van der Waals surface area contributed by atoms with E-state index in [9.17, 15) is 4.79 Å². The van der Waals surface area contributed by atoms with Crippen molar-refractivity contribution in [3.63, 3.8) is 0 Å². The number of thiazole rings is 1. The number of hydrogen-bond donors (Lipinski definition) is 1. The fourth-order valence-corrected chi connectivity index (χ4v) is 3.03. The molecule has 19 heavy (non-hydrogen) atoms. The first-order valence-electron chi connectivity index (χ1n) is 6.55. The van der Waals surface area contributed by atoms with E-state index in [1.807, 2.05) is 6.07 Å². The summed E-state index contributed by atoms with van der Waals surface area (Å²) in [7, 11) is 0. The standard InChI is InChI=1S/C14H16N2O2S/c15-14-16-11-5-4-10(8-12(11)19-14)13(17)18-7-6-9-2-1-3-9/h4-5,8-9H,1-3,6-7H2,(H2,15,16). The van der Waals surface area contributed by atoms with Crippen molar-refractivity contribution in [2.75, 3.05) is 12.3 Å². The Morgan fingerprint density at radius 1 is 1.47 bits per heavy atom. The second-order valence-electron chi connectivity index (χ2n) is 4.96. The van der Waals surface area contributed by atoms with Crippen LogP contribution in [0.1, 0.15) is 36.0 Å². The van der Waals surface area contributed by atoms with Gasteiger partial charge in [0.1, 0.15) is 0 Å². The summed E-state index contributed by atoms with van der Waals surface area (Å²) in [4.78, 5) is 16.1. The molecule has 100 valence electrons. The zero-order valence-corrected chi connectivity index (χ0v) is 11.4. The van der Waals surface area contributed by atoms with Gasteiger partial charge in [-0.1, -0.05) is 30.6 Å². The van der Waals surface area contributed by atoms with E-state index < -0.39 is 0 Å². The Hall–Kier alpha value is -1.62. The van der Waals surface area contributed by atoms with E-state index in [4.69, 9.17) is 10.5 Å². The zero-order chi connectivity index (χ0) is 13.2. The molecule has 1 saturated carbocycles. The Morgan fingerprint density at radius 3 is 3.05 bits per heavy atom. The molecule has 0 atom stereocenters. The predicted octanol–water partition coefficient (Wildman–Crippen LogP) is 3.23. The summed E-state index contributed by atoms with van der Waals surface area (Å²) in [6.07, 6.45) is 4.87. The van der Waals surface area contributed by atoms with Crippen LogP contribution in [0.3, 0.4) is 0 Å². The molecule has 0 radical (unpaired) electrons. The summed E-state index contributed by atoms with van der Waals surface area (Å²) in [6.45, 7) is 0.520. The molecule has 0 bridgehead atoms. The molecule has 1 fully saturated rings. The molecular formula is C14H16N2O2S. The first-order chi connectivity index (χ1) is 9.22. The van der Waals surface area contributed by atoms with Crippen LogP contribution >= 0.6 is 11.3 Å². The summed E-state index contributed by atoms with van der Waals surface area (Å²) < 4.78 is 6.23. The van der Waals surface area contributed by atoms with Gasteiger partial charge in [-0.05, 0) is 30.5 Å². The molecule has 0 saturated heterocycles. The average molecular weight is 276 g/mol. The summed E-state index contributed by atoms with van der Waals surface area (Å²) in [6, 6.07) is 5.35. The molecule has 1 aliphatic rings. The van der Waals surface area contributed by atoms with Gasteiger partial charge < -0.3 is 10.5 Å². The number of benzene rings is 1. The van der Waals surface area contributed by atoms with Crippen LogP contribution < -0.4 is 5.73 Å². The molecule has 1 aromatic heterocycles. The Balaban J connectivity index is 1.63. The summed E-state index contributed by atoms with van der Waals surface area (Å²) in [5.74, 6) is 0.504. The van der Waals surface area contributed by atoms with Crippen LogP contribution in [0, 0.1) is 5.92 Å². The fourth-order valence-electron chi connectivity index (χ4n) is 2.25. The molecule has 0 amide bonds. The van der Waals surface area contributed by atoms with Gasteiger partial charge in [-0.15, -0.1) is 0 Å². The lowest BCUT2D eigenvalue weighted by Crippen LogP contribution is -2.15. The van der Waals surface area contributed by atoms with E-state index in [0.717, 1.165) is 22.6 Å². The minimum Gasteiger partial charge on any atom is -0.462 e. The van der Waals surface area contributed by atoms with Crippen molar-refractivity contribution < 1.29 is 9.53 Å². The van der Waals surface area contributed by atoms with E-state index in [2.05, 4.69) is 4.98 Å². The Kier molecular flexibility index (Phi) is 3.38. The van der Waals surface area contributed by atoms with Crippen LogP contribution in [0.25, 0.3) is 10.2 Å². The van der Waals surface area contributed by atoms with E-state index in [0.29, 0.717) is 17.3 Å². The average Bonchev–Trinajstić information content (AvgIpc) is 2.70. The zero-order valence-electron chi connectivity index (χ0n) is 10.6. The molecule has 4 nitrogen and oxygen atoms in total. The van der Waals surface area contributed by atoms with Crippen LogP contribution in [0.15, 0.2) is 18.2 Å². The highest BCUT2D eigenvalue weighted by atomic mass is 32.1. The highest BCUT2D eigenvalue weighted by Crippen LogP contribution is 2.29. The third-order valence-electron chi connectivity index (χ3n) is 3.62. The number of ether oxygens (including phenoxy) is 1. The van der Waals surface area contributed by atoms with Crippen molar-refractivity contribution >= 4 is 32.7 Å². The number of nitrogen functional groups attached to an aromatic ring is 1. The second-order valence-corrected chi connectivity index (χ2v) is 6.02. The SMILES string of the molecule is Nc1nc2ccc(C(=O)OCCC3CCC3)cc2s1. The fraction of sp³-hybridized carbons (Fsp3) is 0.429. The van der Waals surface area contributed by atoms with Crippen molar-refractivity contribution in [3.8, 4) is 0 Å². The number of carbonyl (C=O) groups excluding carboxylic acids is 1. The summed E-state index contributed by atoms with van der Waals surface area (Å²) in [5, 5.41) is 0.519. The Bertz CT molecular complexity index is 605. The Labute approximate surface area is 115 Å². The molecule has 2 aromatic rings. The normalized spacial score (nSPS) is 15.4. The maximum absolute atomic E-state index is 11.9. The van der Waals surface area contributed by atoms with Crippen LogP contribution in [0.4, 0.5) is 5.13 Å². The van der Waals surface area contributed by atoms with E-state index in [1.54, 1.807) is 12.1 Å². The highest BCUT2D eigenvalue weighted by molar-refractivity contribution is 7.22. The van der Waals surface area contributed by atoms with Gasteiger partial charge in [0.15, 0.2) is 5.13 Å². The van der Waals surface area contributed by atoms with Gasteiger partial charge in [0.2, 0.25) is 0 Å². The number of nitrogens with zero attached hydrogens (tertiary/aromatic N) is 1. The van der Waals surface area contributed by atoms with E-state index in [-0.39, 0.29) is 5.97 Å². The van der Waals surface area contributed by atoms with Crippen LogP contribution in [-0.4, -0.2) is 17.6 Å². The first-order valence-corrected chi connectivity index (χ1v) is 7.37. The monoisotopic (exact) mass is 276 g/mol. The lowest BCUT2D eigenvalue weighted by atomic mass is 9.83. The molecule has 0 aliphatic heterocycles. The largest absolute Gasteiger partial charge is 0.462 e. The smallest absolute Gasteiger partial charge is 0.338 e. The highest BCUT2D eigenvalue weighted by Gasteiger charge is 2.18. The van der Waals surface area contributed by atoms with Gasteiger partial charge in [-0.25, -0.2) is 9.78 Å². The lowest BCUT2D eigenvalue weighted by Gasteiger charge is -2.24. The number of carbonyl (C=O) groups is 1. The molecule has 2 N–H and O–H groups in total. The van der Waals surface area contributed by atoms with Gasteiger partial charge in [0, 0.05) is 0 Å². The number of esters is 1. The van der Waals surface area contributed by atoms with E-state index in [1.165, 1.54) is 30.6 Å². The van der Waals surface area contributed by atoms with Gasteiger partial charge >= 0.3 is 5.97 Å². The van der Waals surface area contributed by atoms with Crippen molar-refractivity contribution in [1.29, 1.82) is 0 Å². The van der Waals surface area contributed by atoms with Crippen molar-refractivity contribution in [2.24, 2.45) is 5.92 Å². The summed E-state index contributed by atoms with van der Waals surface area (Å²) in [5.41, 5.74) is 7.04. The number of hydrogen-bond acceptors (Lipinski definition) is 5. The van der Waals surface area contributed by atoms with Crippen LogP contribution in [0.5, 0.6) is 0 Å². The molecule has 5 heteroatoms. The molecular weight excluding hydrogens is 260 g/mol. The maximum atomic E-state index is 11.9. The number of fused-ring (bicyclic) bond motifs is 1. The molecule has 0 unspecified atom stereocenters.